The number of halogens is 2. The van der Waals surface area contributed by atoms with Crippen molar-refractivity contribution in [3.05, 3.63) is 144 Å². The van der Waals surface area contributed by atoms with Gasteiger partial charge >= 0.3 is 23.6 Å². The molecule has 26 heteroatoms. The first kappa shape index (κ1) is 58.3. The van der Waals surface area contributed by atoms with Crippen LogP contribution in [0.1, 0.15) is 98.5 Å². The Kier molecular flexibility index (Phi) is 16.2. The van der Waals surface area contributed by atoms with Crippen LogP contribution in [0.3, 0.4) is 0 Å². The second kappa shape index (κ2) is 23.9. The monoisotopic (exact) mass is 1170 g/mol. The van der Waals surface area contributed by atoms with Crippen LogP contribution < -0.4 is 20.4 Å². The second-order valence-electron chi connectivity index (χ2n) is 23.1. The van der Waals surface area contributed by atoms with Gasteiger partial charge in [-0.3, -0.25) is 19.6 Å². The van der Waals surface area contributed by atoms with Gasteiger partial charge in [-0.15, -0.1) is 0 Å². The van der Waals surface area contributed by atoms with Crippen LogP contribution in [0.2, 0.25) is 0 Å². The van der Waals surface area contributed by atoms with Crippen molar-refractivity contribution in [2.45, 2.75) is 103 Å². The smallest absolute Gasteiger partial charge is 0.315 e. The molecule has 2 aliphatic rings. The first-order valence-corrected chi connectivity index (χ1v) is 27.8. The normalized spacial score (nSPS) is 17.4. The summed E-state index contributed by atoms with van der Waals surface area (Å²) in [6.45, 7) is 13.2. The Balaban J connectivity index is 0.000000179. The van der Waals surface area contributed by atoms with Crippen molar-refractivity contribution < 1.29 is 47.8 Å². The van der Waals surface area contributed by atoms with Crippen LogP contribution in [-0.2, 0) is 23.9 Å². The summed E-state index contributed by atoms with van der Waals surface area (Å²) >= 11 is 0. The molecule has 0 saturated carbocycles. The van der Waals surface area contributed by atoms with Gasteiger partial charge in [0.2, 0.25) is 0 Å². The molecule has 10 heterocycles. The van der Waals surface area contributed by atoms with Crippen LogP contribution in [0.4, 0.5) is 20.2 Å². The molecule has 4 atom stereocenters. The molecule has 2 amide bonds. The van der Waals surface area contributed by atoms with E-state index in [1.807, 2.05) is 75.6 Å². The number of aromatic nitrogens is 12. The molecule has 12 rings (SSSR count). The maximum Gasteiger partial charge on any atom is 0.315 e. The number of amides is 2. The van der Waals surface area contributed by atoms with Crippen molar-refractivity contribution in [3.8, 4) is 45.3 Å². The van der Waals surface area contributed by atoms with E-state index in [-0.39, 0.29) is 35.7 Å². The molecule has 8 N–H and O–H groups in total. The maximum atomic E-state index is 15.2. The Morgan fingerprint density at radius 1 is 0.570 bits per heavy atom. The van der Waals surface area contributed by atoms with Crippen molar-refractivity contribution in [1.82, 2.24) is 70.8 Å². The highest BCUT2D eigenvalue weighted by molar-refractivity contribution is 5.93. The van der Waals surface area contributed by atoms with E-state index in [2.05, 4.69) is 60.8 Å². The molecular weight excluding hydrogens is 1110 g/mol. The van der Waals surface area contributed by atoms with Gasteiger partial charge < -0.3 is 59.9 Å². The zero-order valence-corrected chi connectivity index (χ0v) is 47.7. The lowest BCUT2D eigenvalue weighted by Crippen LogP contribution is -2.46. The maximum absolute atomic E-state index is 15.2. The predicted molar refractivity (Wildman–Crippen MR) is 311 cm³/mol. The van der Waals surface area contributed by atoms with Crippen molar-refractivity contribution in [2.24, 2.45) is 0 Å². The molecule has 2 aliphatic heterocycles. The summed E-state index contributed by atoms with van der Waals surface area (Å²) < 4.78 is 40.4. The van der Waals surface area contributed by atoms with Crippen LogP contribution in [0.5, 0.6) is 0 Å². The Bertz CT molecular complexity index is 3820. The summed E-state index contributed by atoms with van der Waals surface area (Å²) in [5.74, 6) is -0.678. The SMILES string of the molecule is CC(C)(C)c1noc(C(=O)NCc2ccc(-c3ccnc4[nH]c(-c5ccc(N6CC[C@H](O)[C@@H](O)C6)cn5)nc34)cc2F)n1.CC(C)(C)c1noc(C(=O)NCc2ccc(-c3ccnc4[nH]c(-c5ccc(N6CC[C@H](O)[C@@H](O)C6)cn5)nc34)cc2F)n1. The predicted octanol–water partition coefficient (Wildman–Crippen LogP) is 6.74. The van der Waals surface area contributed by atoms with Crippen molar-refractivity contribution in [1.29, 1.82) is 0 Å². The summed E-state index contributed by atoms with van der Waals surface area (Å²) in [4.78, 5) is 70.8. The van der Waals surface area contributed by atoms with E-state index >= 15 is 8.78 Å². The average Bonchev–Trinajstić information content (AvgIpc) is 2.01. The number of carbonyl (C=O) groups excluding carboxylic acids is 2. The van der Waals surface area contributed by atoms with Crippen molar-refractivity contribution >= 4 is 45.5 Å². The number of hydrogen-bond acceptors (Lipinski definition) is 20. The standard InChI is InChI=1S/2C30H31FN8O4/c2*1-30(2,3)29-37-28(43-38-29)27(42)34-13-17-5-4-16(12-20(17)31)19-8-10-32-26-24(19)35-25(36-26)21-7-6-18(14-33-21)39-11-9-22(40)23(41)15-39/h2*4-8,10,12,14,22-23,40-41H,9,11,13,15H2,1-3H3,(H,34,42)(H,32,35,36)/t2*22-,23-/m00/s1. The van der Waals surface area contributed by atoms with Crippen LogP contribution in [0.25, 0.3) is 67.6 Å². The topological polar surface area (TPSA) is 332 Å². The van der Waals surface area contributed by atoms with E-state index < -0.39 is 47.9 Å². The Morgan fingerprint density at radius 3 is 1.34 bits per heavy atom. The number of carbonyl (C=O) groups is 2. The summed E-state index contributed by atoms with van der Waals surface area (Å²) in [5, 5.41) is 52.5. The number of imidazole rings is 2. The molecule has 0 aliphatic carbocycles. The molecule has 0 unspecified atom stereocenters. The van der Waals surface area contributed by atoms with Crippen LogP contribution >= 0.6 is 0 Å². The van der Waals surface area contributed by atoms with E-state index in [1.54, 1.807) is 61.2 Å². The highest BCUT2D eigenvalue weighted by atomic mass is 19.1. The molecule has 0 spiro atoms. The van der Waals surface area contributed by atoms with Gasteiger partial charge in [0, 0.05) is 84.7 Å². The minimum absolute atomic E-state index is 0.0604. The number of nitrogens with zero attached hydrogens (tertiary/aromatic N) is 12. The average molecular weight is 1170 g/mol. The number of aromatic amines is 2. The first-order valence-electron chi connectivity index (χ1n) is 27.8. The number of hydrogen-bond donors (Lipinski definition) is 8. The number of fused-ring (bicyclic) bond motifs is 2. The molecule has 86 heavy (non-hydrogen) atoms. The number of β-amino-alcohol motifs (C(OH)–C–C–N with tert-alkyl or cyclic N) is 2. The number of aliphatic hydroxyl groups is 4. The Morgan fingerprint density at radius 2 is 0.988 bits per heavy atom. The fraction of sp³-hybridized carbons (Fsp3) is 0.333. The number of aliphatic hydroxyl groups excluding tert-OH is 4. The molecule has 24 nitrogen and oxygen atoms in total. The van der Waals surface area contributed by atoms with Gasteiger partial charge in [0.15, 0.2) is 34.6 Å². The molecule has 8 aromatic heterocycles. The molecule has 444 valence electrons. The van der Waals surface area contributed by atoms with E-state index in [4.69, 9.17) is 19.0 Å². The minimum atomic E-state index is -0.801. The summed E-state index contributed by atoms with van der Waals surface area (Å²) in [6, 6.07) is 20.5. The van der Waals surface area contributed by atoms with E-state index in [0.29, 0.717) is 129 Å². The first-order chi connectivity index (χ1) is 41.1. The molecule has 2 saturated heterocycles. The van der Waals surface area contributed by atoms with Gasteiger partial charge in [0.25, 0.3) is 0 Å². The number of piperidine rings is 2. The quantitative estimate of drug-likeness (QED) is 0.0628. The fourth-order valence-electron chi connectivity index (χ4n) is 9.72. The summed E-state index contributed by atoms with van der Waals surface area (Å²) in [5.41, 5.74) is 7.43. The van der Waals surface area contributed by atoms with Gasteiger partial charge in [-0.2, -0.15) is 9.97 Å². The third kappa shape index (κ3) is 12.6. The van der Waals surface area contributed by atoms with Crippen LogP contribution in [-0.4, -0.2) is 143 Å². The second-order valence-corrected chi connectivity index (χ2v) is 23.1. The van der Waals surface area contributed by atoms with Crippen LogP contribution in [0.15, 0.2) is 107 Å². The number of H-pyrrole nitrogens is 2. The van der Waals surface area contributed by atoms with Crippen LogP contribution in [0, 0.1) is 11.6 Å². The van der Waals surface area contributed by atoms with Gasteiger partial charge in [0.1, 0.15) is 34.1 Å². The number of rotatable bonds is 12. The number of anilines is 2. The van der Waals surface area contributed by atoms with Gasteiger partial charge in [-0.05, 0) is 72.5 Å². The van der Waals surface area contributed by atoms with E-state index in [1.165, 1.54) is 12.1 Å². The zero-order chi connectivity index (χ0) is 60.6. The zero-order valence-electron chi connectivity index (χ0n) is 47.7. The van der Waals surface area contributed by atoms with Gasteiger partial charge in [0.05, 0.1) is 48.2 Å². The highest BCUT2D eigenvalue weighted by Crippen LogP contribution is 2.33. The molecular formula is C60H62F2N16O8. The number of benzene rings is 2. The lowest BCUT2D eigenvalue weighted by Gasteiger charge is -2.34. The molecule has 2 aromatic carbocycles. The van der Waals surface area contributed by atoms with Crippen molar-refractivity contribution in [2.75, 3.05) is 36.0 Å². The number of nitrogens with one attached hydrogen (secondary N) is 4. The highest BCUT2D eigenvalue weighted by Gasteiger charge is 2.29. The number of pyridine rings is 4. The molecule has 2 fully saturated rings. The summed E-state index contributed by atoms with van der Waals surface area (Å²) in [7, 11) is 0. The lowest BCUT2D eigenvalue weighted by atomic mass is 9.96. The molecule has 0 bridgehead atoms. The third-order valence-corrected chi connectivity index (χ3v) is 14.8. The third-order valence-electron chi connectivity index (χ3n) is 14.8. The largest absolute Gasteiger partial charge is 0.390 e. The summed E-state index contributed by atoms with van der Waals surface area (Å²) in [6.07, 6.45) is 4.59. The minimum Gasteiger partial charge on any atom is -0.390 e. The van der Waals surface area contributed by atoms with Crippen molar-refractivity contribution in [3.63, 3.8) is 0 Å². The van der Waals surface area contributed by atoms with E-state index in [9.17, 15) is 30.0 Å². The van der Waals surface area contributed by atoms with E-state index in [0.717, 1.165) is 11.4 Å². The lowest BCUT2D eigenvalue weighted by molar-refractivity contribution is 0.00801. The fourth-order valence-corrected chi connectivity index (χ4v) is 9.72. The molecule has 10 aromatic rings. The van der Waals surface area contributed by atoms with Gasteiger partial charge in [-0.1, -0.05) is 76.1 Å². The Labute approximate surface area is 490 Å². The molecule has 0 radical (unpaired) electrons. The van der Waals surface area contributed by atoms with Gasteiger partial charge in [-0.25, -0.2) is 28.7 Å². The Hall–Kier alpha value is -9.50.